The molecule has 1 aliphatic heterocycles. The van der Waals surface area contributed by atoms with E-state index in [4.69, 9.17) is 0 Å². The summed E-state index contributed by atoms with van der Waals surface area (Å²) in [4.78, 5) is 25.7. The van der Waals surface area contributed by atoms with E-state index in [9.17, 15) is 14.7 Å². The minimum Gasteiger partial charge on any atom is -0.479 e. The highest BCUT2D eigenvalue weighted by Gasteiger charge is 2.31. The molecule has 5 rings (SSSR count). The van der Waals surface area contributed by atoms with Crippen LogP contribution in [0.2, 0.25) is 0 Å². The van der Waals surface area contributed by atoms with Gasteiger partial charge in [0.15, 0.2) is 11.9 Å². The van der Waals surface area contributed by atoms with Crippen LogP contribution in [-0.2, 0) is 17.6 Å². The summed E-state index contributed by atoms with van der Waals surface area (Å²) in [6.07, 6.45) is 6.29. The fourth-order valence-electron chi connectivity index (χ4n) is 4.96. The van der Waals surface area contributed by atoms with Gasteiger partial charge in [0.2, 0.25) is 0 Å². The standard InChI is InChI=1S/C27H28N6O3/c1-3-4-10-23-22(26(34)32-17(2)11-14-24(27(35)36)33(23)32)16-18-12-13-20(19-8-6-5-7-9-19)21(15-18)25-28-30-31-29-25/h5-9,11-15,17,24H,3-4,10,16H2,1-2H3,(H,35,36)(H,28,29,30,31). The van der Waals surface area contributed by atoms with E-state index >= 15 is 0 Å². The molecule has 2 unspecified atom stereocenters. The lowest BCUT2D eigenvalue weighted by Gasteiger charge is -2.26. The maximum absolute atomic E-state index is 13.7. The number of tetrazole rings is 1. The van der Waals surface area contributed by atoms with Crippen molar-refractivity contribution in [3.05, 3.63) is 87.9 Å². The number of nitrogens with one attached hydrogen (secondary N) is 1. The van der Waals surface area contributed by atoms with E-state index in [1.807, 2.05) is 55.5 Å². The molecule has 3 heterocycles. The number of carbonyl (C=O) groups is 1. The monoisotopic (exact) mass is 484 g/mol. The number of fused-ring (bicyclic) bond motifs is 1. The molecular formula is C27H28N6O3. The van der Waals surface area contributed by atoms with Crippen LogP contribution in [0.15, 0.2) is 65.5 Å². The Morgan fingerprint density at radius 1 is 1.08 bits per heavy atom. The summed E-state index contributed by atoms with van der Waals surface area (Å²) in [6, 6.07) is 14.9. The number of carboxylic acid groups (broad SMARTS) is 1. The van der Waals surface area contributed by atoms with Crippen molar-refractivity contribution in [2.75, 3.05) is 0 Å². The number of unbranched alkanes of at least 4 members (excludes halogenated alkanes) is 1. The number of hydrogen-bond donors (Lipinski definition) is 2. The molecule has 2 aromatic heterocycles. The number of rotatable bonds is 8. The molecule has 0 bridgehead atoms. The molecular weight excluding hydrogens is 456 g/mol. The van der Waals surface area contributed by atoms with E-state index in [0.717, 1.165) is 40.8 Å². The summed E-state index contributed by atoms with van der Waals surface area (Å²) >= 11 is 0. The topological polar surface area (TPSA) is 119 Å². The molecule has 0 aliphatic carbocycles. The van der Waals surface area contributed by atoms with E-state index in [0.29, 0.717) is 24.2 Å². The first-order valence-corrected chi connectivity index (χ1v) is 12.2. The summed E-state index contributed by atoms with van der Waals surface area (Å²) in [5.41, 5.74) is 5.05. The van der Waals surface area contributed by atoms with E-state index in [1.54, 1.807) is 21.5 Å². The van der Waals surface area contributed by atoms with Gasteiger partial charge in [-0.15, -0.1) is 5.10 Å². The SMILES string of the molecule is CCCCc1c(Cc2ccc(-c3ccccc3)c(-c3nnn[nH]3)c2)c(=O)n2n1C(C(=O)O)C=CC2C. The Hall–Kier alpha value is -4.27. The van der Waals surface area contributed by atoms with Gasteiger partial charge in [0, 0.05) is 23.2 Å². The highest BCUT2D eigenvalue weighted by molar-refractivity contribution is 5.81. The Balaban J connectivity index is 1.63. The van der Waals surface area contributed by atoms with Gasteiger partial charge in [-0.2, -0.15) is 0 Å². The molecule has 0 spiro atoms. The molecule has 0 saturated heterocycles. The van der Waals surface area contributed by atoms with Crippen LogP contribution in [-0.4, -0.2) is 41.1 Å². The number of aliphatic carboxylic acids is 1. The number of hydrogen-bond acceptors (Lipinski definition) is 5. The molecule has 9 nitrogen and oxygen atoms in total. The Kier molecular flexibility index (Phi) is 6.37. The third kappa shape index (κ3) is 4.17. The predicted octanol–water partition coefficient (Wildman–Crippen LogP) is 4.19. The van der Waals surface area contributed by atoms with Crippen LogP contribution in [0, 0.1) is 0 Å². The third-order valence-corrected chi connectivity index (χ3v) is 6.71. The van der Waals surface area contributed by atoms with E-state index in [1.165, 1.54) is 0 Å². The van der Waals surface area contributed by atoms with Gasteiger partial charge in [0.05, 0.1) is 6.04 Å². The summed E-state index contributed by atoms with van der Waals surface area (Å²) < 4.78 is 3.29. The zero-order valence-electron chi connectivity index (χ0n) is 20.3. The van der Waals surface area contributed by atoms with Gasteiger partial charge < -0.3 is 5.11 Å². The number of nitrogens with zero attached hydrogens (tertiary/aromatic N) is 5. The summed E-state index contributed by atoms with van der Waals surface area (Å²) in [5, 5.41) is 24.4. The highest BCUT2D eigenvalue weighted by atomic mass is 16.4. The first-order chi connectivity index (χ1) is 17.5. The molecule has 184 valence electrons. The number of carboxylic acids is 1. The zero-order valence-corrected chi connectivity index (χ0v) is 20.3. The summed E-state index contributed by atoms with van der Waals surface area (Å²) in [5.74, 6) is -0.433. The van der Waals surface area contributed by atoms with Crippen LogP contribution in [0.5, 0.6) is 0 Å². The highest BCUT2D eigenvalue weighted by Crippen LogP contribution is 2.32. The quantitative estimate of drug-likeness (QED) is 0.362. The van der Waals surface area contributed by atoms with Crippen molar-refractivity contribution < 1.29 is 9.90 Å². The largest absolute Gasteiger partial charge is 0.479 e. The van der Waals surface area contributed by atoms with Gasteiger partial charge in [-0.25, -0.2) is 14.6 Å². The maximum Gasteiger partial charge on any atom is 0.332 e. The van der Waals surface area contributed by atoms with E-state index in [2.05, 4.69) is 27.5 Å². The Labute approximate surface area is 208 Å². The van der Waals surface area contributed by atoms with E-state index < -0.39 is 12.0 Å². The van der Waals surface area contributed by atoms with Gasteiger partial charge >= 0.3 is 5.97 Å². The molecule has 2 N–H and O–H groups in total. The van der Waals surface area contributed by atoms with Gasteiger partial charge in [0.1, 0.15) is 0 Å². The number of aromatic amines is 1. The lowest BCUT2D eigenvalue weighted by Crippen LogP contribution is -2.34. The first-order valence-electron chi connectivity index (χ1n) is 12.2. The summed E-state index contributed by atoms with van der Waals surface area (Å²) in [6.45, 7) is 3.99. The number of benzene rings is 2. The minimum atomic E-state index is -0.974. The van der Waals surface area contributed by atoms with Crippen LogP contribution in [0.25, 0.3) is 22.5 Å². The lowest BCUT2D eigenvalue weighted by atomic mass is 9.94. The predicted molar refractivity (Wildman–Crippen MR) is 136 cm³/mol. The van der Waals surface area contributed by atoms with Crippen LogP contribution in [0.3, 0.4) is 0 Å². The van der Waals surface area contributed by atoms with Crippen molar-refractivity contribution in [3.8, 4) is 22.5 Å². The fourth-order valence-corrected chi connectivity index (χ4v) is 4.96. The average Bonchev–Trinajstić information content (AvgIpc) is 3.51. The molecule has 36 heavy (non-hydrogen) atoms. The van der Waals surface area contributed by atoms with Crippen molar-refractivity contribution in [1.82, 2.24) is 30.0 Å². The Morgan fingerprint density at radius 2 is 1.89 bits per heavy atom. The zero-order chi connectivity index (χ0) is 25.2. The summed E-state index contributed by atoms with van der Waals surface area (Å²) in [7, 11) is 0. The molecule has 1 aliphatic rings. The van der Waals surface area contributed by atoms with Gasteiger partial charge in [-0.3, -0.25) is 9.48 Å². The van der Waals surface area contributed by atoms with Crippen LogP contribution >= 0.6 is 0 Å². The molecule has 0 radical (unpaired) electrons. The molecule has 0 fully saturated rings. The lowest BCUT2D eigenvalue weighted by molar-refractivity contribution is -0.140. The Bertz CT molecular complexity index is 1470. The average molecular weight is 485 g/mol. The minimum absolute atomic E-state index is 0.140. The normalized spacial score (nSPS) is 16.7. The van der Waals surface area contributed by atoms with Gasteiger partial charge in [0.25, 0.3) is 5.56 Å². The van der Waals surface area contributed by atoms with Crippen molar-refractivity contribution in [3.63, 3.8) is 0 Å². The number of aromatic nitrogens is 6. The van der Waals surface area contributed by atoms with Gasteiger partial charge in [-0.1, -0.05) is 68.0 Å². The van der Waals surface area contributed by atoms with E-state index in [-0.39, 0.29) is 11.6 Å². The third-order valence-electron chi connectivity index (χ3n) is 6.71. The maximum atomic E-state index is 13.7. The second-order valence-corrected chi connectivity index (χ2v) is 9.10. The molecule has 0 saturated carbocycles. The van der Waals surface area contributed by atoms with Crippen molar-refractivity contribution in [2.45, 2.75) is 51.6 Å². The Morgan fingerprint density at radius 3 is 2.58 bits per heavy atom. The van der Waals surface area contributed by atoms with Crippen LogP contribution in [0.4, 0.5) is 0 Å². The molecule has 2 atom stereocenters. The molecule has 9 heteroatoms. The smallest absolute Gasteiger partial charge is 0.332 e. The van der Waals surface area contributed by atoms with Crippen molar-refractivity contribution in [1.29, 1.82) is 0 Å². The van der Waals surface area contributed by atoms with Crippen molar-refractivity contribution >= 4 is 5.97 Å². The number of H-pyrrole nitrogens is 1. The van der Waals surface area contributed by atoms with Crippen molar-refractivity contribution in [2.24, 2.45) is 0 Å². The van der Waals surface area contributed by atoms with Crippen LogP contribution in [0.1, 0.15) is 55.6 Å². The molecule has 2 aromatic carbocycles. The van der Waals surface area contributed by atoms with Gasteiger partial charge in [-0.05, 0) is 52.9 Å². The fraction of sp³-hybridized carbons (Fsp3) is 0.296. The first kappa shape index (κ1) is 23.5. The number of allylic oxidation sites excluding steroid dienone is 1. The van der Waals surface area contributed by atoms with Crippen LogP contribution < -0.4 is 5.56 Å². The second-order valence-electron chi connectivity index (χ2n) is 9.10. The molecule has 4 aromatic rings. The molecule has 0 amide bonds. The second kappa shape index (κ2) is 9.77.